The van der Waals surface area contributed by atoms with Crippen LogP contribution in [0.15, 0.2) is 53.7 Å². The zero-order valence-electron chi connectivity index (χ0n) is 16.0. The molecule has 1 atom stereocenters. The molecule has 6 nitrogen and oxygen atoms in total. The molecule has 0 radical (unpaired) electrons. The van der Waals surface area contributed by atoms with Gasteiger partial charge in [0, 0.05) is 31.9 Å². The van der Waals surface area contributed by atoms with Crippen LogP contribution in [0, 0.1) is 5.82 Å². The van der Waals surface area contributed by atoms with Crippen molar-refractivity contribution in [1.82, 2.24) is 15.6 Å². The maximum Gasteiger partial charge on any atom is 0.191 e. The van der Waals surface area contributed by atoms with Gasteiger partial charge in [-0.05, 0) is 37.6 Å². The number of para-hydroxylation sites is 1. The van der Waals surface area contributed by atoms with Crippen LogP contribution in [-0.2, 0) is 0 Å². The highest BCUT2D eigenvalue weighted by molar-refractivity contribution is 14.0. The molecule has 8 heteroatoms. The van der Waals surface area contributed by atoms with Crippen LogP contribution in [0.2, 0.25) is 0 Å². The zero-order valence-corrected chi connectivity index (χ0v) is 18.3. The molecule has 0 bridgehead atoms. The lowest BCUT2D eigenvalue weighted by Crippen LogP contribution is -2.45. The molecule has 1 saturated heterocycles. The van der Waals surface area contributed by atoms with Crippen LogP contribution < -0.4 is 20.3 Å². The summed E-state index contributed by atoms with van der Waals surface area (Å²) >= 11 is 0. The first kappa shape index (κ1) is 22.2. The quantitative estimate of drug-likeness (QED) is 0.266. The Labute approximate surface area is 182 Å². The highest BCUT2D eigenvalue weighted by Crippen LogP contribution is 2.20. The molecule has 0 saturated carbocycles. The number of hydrogen-bond donors (Lipinski definition) is 2. The Morgan fingerprint density at radius 3 is 2.86 bits per heavy atom. The maximum absolute atomic E-state index is 13.9. The van der Waals surface area contributed by atoms with Crippen molar-refractivity contribution < 1.29 is 9.13 Å². The Hall–Kier alpha value is -2.10. The molecule has 1 aliphatic heterocycles. The van der Waals surface area contributed by atoms with Crippen LogP contribution in [0.3, 0.4) is 0 Å². The van der Waals surface area contributed by atoms with Gasteiger partial charge in [0.05, 0.1) is 6.54 Å². The number of pyridine rings is 1. The monoisotopic (exact) mass is 499 g/mol. The van der Waals surface area contributed by atoms with E-state index in [1.54, 1.807) is 12.3 Å². The topological polar surface area (TPSA) is 61.8 Å². The number of ether oxygens (including phenoxy) is 1. The van der Waals surface area contributed by atoms with E-state index in [4.69, 9.17) is 4.74 Å². The molecule has 0 amide bonds. The maximum atomic E-state index is 13.9. The van der Waals surface area contributed by atoms with Crippen molar-refractivity contribution in [2.45, 2.75) is 19.4 Å². The molecule has 1 aromatic heterocycles. The van der Waals surface area contributed by atoms with Gasteiger partial charge in [0.1, 0.15) is 12.4 Å². The highest BCUT2D eigenvalue weighted by atomic mass is 127. The molecule has 2 N–H and O–H groups in total. The summed E-state index contributed by atoms with van der Waals surface area (Å²) in [6.45, 7) is 5.33. The van der Waals surface area contributed by atoms with Crippen molar-refractivity contribution in [3.8, 4) is 5.75 Å². The lowest BCUT2D eigenvalue weighted by Gasteiger charge is -2.20. The number of guanidine groups is 1. The molecule has 0 spiro atoms. The summed E-state index contributed by atoms with van der Waals surface area (Å²) in [5, 5.41) is 6.68. The van der Waals surface area contributed by atoms with Crippen molar-refractivity contribution >= 4 is 35.8 Å². The molecular formula is C20H27FIN5O. The molecule has 1 fully saturated rings. The minimum absolute atomic E-state index is 0. The van der Waals surface area contributed by atoms with Crippen LogP contribution in [0.1, 0.15) is 13.3 Å². The molecule has 1 unspecified atom stereocenters. The molecular weight excluding hydrogens is 472 g/mol. The molecule has 28 heavy (non-hydrogen) atoms. The number of benzene rings is 1. The van der Waals surface area contributed by atoms with Crippen LogP contribution >= 0.6 is 24.0 Å². The summed E-state index contributed by atoms with van der Waals surface area (Å²) in [4.78, 5) is 10.7. The molecule has 1 aliphatic rings. The Morgan fingerprint density at radius 2 is 2.11 bits per heavy atom. The molecule has 152 valence electrons. The van der Waals surface area contributed by atoms with Gasteiger partial charge >= 0.3 is 0 Å². The van der Waals surface area contributed by atoms with Gasteiger partial charge in [-0.3, -0.25) is 0 Å². The van der Waals surface area contributed by atoms with Crippen molar-refractivity contribution in [1.29, 1.82) is 0 Å². The fourth-order valence-corrected chi connectivity index (χ4v) is 3.03. The normalized spacial score (nSPS) is 16.4. The molecule has 2 heterocycles. The minimum Gasteiger partial charge on any atom is -0.492 e. The average molecular weight is 499 g/mol. The minimum atomic E-state index is -0.281. The first-order chi connectivity index (χ1) is 13.3. The van der Waals surface area contributed by atoms with Gasteiger partial charge in [-0.15, -0.1) is 24.0 Å². The SMILES string of the molecule is CCNC(=NCCOc1ccccc1)NC1CCN(c2ncccc2F)C1.I. The molecule has 1 aromatic carbocycles. The summed E-state index contributed by atoms with van der Waals surface area (Å²) in [6, 6.07) is 13.0. The Kier molecular flexibility index (Phi) is 9.26. The van der Waals surface area contributed by atoms with E-state index < -0.39 is 0 Å². The number of halogens is 2. The van der Waals surface area contributed by atoms with Gasteiger partial charge in [-0.1, -0.05) is 18.2 Å². The van der Waals surface area contributed by atoms with E-state index in [-0.39, 0.29) is 35.8 Å². The van der Waals surface area contributed by atoms with Gasteiger partial charge in [-0.2, -0.15) is 0 Å². The molecule has 0 aliphatic carbocycles. The fraction of sp³-hybridized carbons (Fsp3) is 0.400. The second-order valence-electron chi connectivity index (χ2n) is 6.31. The van der Waals surface area contributed by atoms with Crippen LogP contribution in [0.4, 0.5) is 10.2 Å². The number of rotatable bonds is 7. The third-order valence-corrected chi connectivity index (χ3v) is 4.29. The van der Waals surface area contributed by atoms with Crippen LogP contribution in [0.25, 0.3) is 0 Å². The van der Waals surface area contributed by atoms with Gasteiger partial charge < -0.3 is 20.3 Å². The van der Waals surface area contributed by atoms with E-state index in [2.05, 4.69) is 20.6 Å². The van der Waals surface area contributed by atoms with E-state index in [0.29, 0.717) is 25.5 Å². The second kappa shape index (κ2) is 11.7. The van der Waals surface area contributed by atoms with Gasteiger partial charge in [0.25, 0.3) is 0 Å². The third-order valence-electron chi connectivity index (χ3n) is 4.29. The van der Waals surface area contributed by atoms with E-state index in [1.165, 1.54) is 6.07 Å². The van der Waals surface area contributed by atoms with E-state index in [1.807, 2.05) is 42.2 Å². The molecule has 3 rings (SSSR count). The number of hydrogen-bond acceptors (Lipinski definition) is 4. The summed E-state index contributed by atoms with van der Waals surface area (Å²) < 4.78 is 19.6. The van der Waals surface area contributed by atoms with Gasteiger partial charge in [0.2, 0.25) is 0 Å². The predicted octanol–water partition coefficient (Wildman–Crippen LogP) is 3.05. The van der Waals surface area contributed by atoms with Crippen molar-refractivity contribution in [2.75, 3.05) is 37.7 Å². The number of anilines is 1. The Bertz CT molecular complexity index is 746. The molecule has 2 aromatic rings. The van der Waals surface area contributed by atoms with Crippen molar-refractivity contribution in [2.24, 2.45) is 4.99 Å². The lowest BCUT2D eigenvalue weighted by molar-refractivity contribution is 0.328. The largest absolute Gasteiger partial charge is 0.492 e. The average Bonchev–Trinajstić information content (AvgIpc) is 3.15. The van der Waals surface area contributed by atoms with Crippen molar-refractivity contribution in [3.05, 3.63) is 54.5 Å². The Morgan fingerprint density at radius 1 is 1.29 bits per heavy atom. The standard InChI is InChI=1S/C20H26FN5O.HI/c1-2-22-20(24-12-14-27-17-7-4-3-5-8-17)25-16-10-13-26(15-16)19-18(21)9-6-11-23-19;/h3-9,11,16H,2,10,12-15H2,1H3,(H2,22,24,25);1H. The number of aliphatic imine (C=N–C) groups is 1. The van der Waals surface area contributed by atoms with Crippen LogP contribution in [-0.4, -0.2) is 49.8 Å². The fourth-order valence-electron chi connectivity index (χ4n) is 3.03. The van der Waals surface area contributed by atoms with Gasteiger partial charge in [-0.25, -0.2) is 14.4 Å². The van der Waals surface area contributed by atoms with Crippen molar-refractivity contribution in [3.63, 3.8) is 0 Å². The van der Waals surface area contributed by atoms with E-state index in [0.717, 1.165) is 31.2 Å². The van der Waals surface area contributed by atoms with Crippen LogP contribution in [0.5, 0.6) is 5.75 Å². The zero-order chi connectivity index (χ0) is 18.9. The summed E-state index contributed by atoms with van der Waals surface area (Å²) in [7, 11) is 0. The summed E-state index contributed by atoms with van der Waals surface area (Å²) in [5.74, 6) is 1.73. The number of aromatic nitrogens is 1. The first-order valence-electron chi connectivity index (χ1n) is 9.34. The lowest BCUT2D eigenvalue weighted by atomic mass is 10.3. The van der Waals surface area contributed by atoms with E-state index in [9.17, 15) is 4.39 Å². The number of nitrogens with one attached hydrogen (secondary N) is 2. The van der Waals surface area contributed by atoms with E-state index >= 15 is 0 Å². The smallest absolute Gasteiger partial charge is 0.191 e. The summed E-state index contributed by atoms with van der Waals surface area (Å²) in [6.07, 6.45) is 2.53. The second-order valence-corrected chi connectivity index (χ2v) is 6.31. The first-order valence-corrected chi connectivity index (χ1v) is 9.34. The Balaban J connectivity index is 0.00000280. The third kappa shape index (κ3) is 6.50. The van der Waals surface area contributed by atoms with Gasteiger partial charge in [0.15, 0.2) is 17.6 Å². The highest BCUT2D eigenvalue weighted by Gasteiger charge is 2.25. The number of nitrogens with zero attached hydrogens (tertiary/aromatic N) is 3. The summed E-state index contributed by atoms with van der Waals surface area (Å²) in [5.41, 5.74) is 0. The predicted molar refractivity (Wildman–Crippen MR) is 121 cm³/mol.